The van der Waals surface area contributed by atoms with E-state index >= 15 is 0 Å². The van der Waals surface area contributed by atoms with E-state index in [0.717, 1.165) is 0 Å². The maximum atomic E-state index is 7.12. The smallest absolute Gasteiger partial charge is 0.430 e. The van der Waals surface area contributed by atoms with E-state index in [-0.39, 0.29) is 0 Å². The normalized spacial score (nSPS) is 6.75. The molecule has 44 valence electrons. The molecule has 0 unspecified atom stereocenters. The zero-order valence-electron chi connectivity index (χ0n) is 4.02. The predicted octanol–water partition coefficient (Wildman–Crippen LogP) is -2.56. The molecule has 0 radical (unpaired) electrons. The monoisotopic (exact) mass is 116 g/mol. The Kier molecular flexibility index (Phi) is 5.34. The largest absolute Gasteiger partial charge is 0.432 e. The predicted molar refractivity (Wildman–Crippen MR) is 25.8 cm³/mol. The molecule has 0 bridgehead atoms. The number of tetrazole rings is 1. The fourth-order valence-electron chi connectivity index (χ4n) is 0.129. The van der Waals surface area contributed by atoms with E-state index in [1.165, 1.54) is 6.33 Å². The number of hydrogen-bond donors (Lipinski definition) is 3. The van der Waals surface area contributed by atoms with Gasteiger partial charge in [0, 0.05) is 0 Å². The summed E-state index contributed by atoms with van der Waals surface area (Å²) in [6.07, 6.45) is 1.40. The van der Waals surface area contributed by atoms with Gasteiger partial charge in [0.2, 0.25) is 0 Å². The van der Waals surface area contributed by atoms with Crippen LogP contribution in [0.15, 0.2) is 6.33 Å². The van der Waals surface area contributed by atoms with Crippen LogP contribution in [0.1, 0.15) is 0 Å². The van der Waals surface area contributed by atoms with Gasteiger partial charge in [-0.15, -0.1) is 5.10 Å². The summed E-state index contributed by atoms with van der Waals surface area (Å²) >= 11 is 0. The molecule has 0 aromatic carbocycles. The lowest BCUT2D eigenvalue weighted by Crippen LogP contribution is -1.75. The molecule has 3 N–H and O–H groups in total. The van der Waals surface area contributed by atoms with Crippen molar-refractivity contribution in [1.82, 2.24) is 20.6 Å². The molecule has 0 saturated carbocycles. The van der Waals surface area contributed by atoms with Gasteiger partial charge in [0.05, 0.1) is 0 Å². The number of H-pyrrole nitrogens is 1. The van der Waals surface area contributed by atoms with Gasteiger partial charge < -0.3 is 10.0 Å². The average Bonchev–Trinajstić information content (AvgIpc) is 2.17. The van der Waals surface area contributed by atoms with E-state index in [1.807, 2.05) is 0 Å². The third-order valence-corrected chi connectivity index (χ3v) is 0.270. The number of nitrogens with one attached hydrogen (secondary N) is 1. The minimum absolute atomic E-state index is 0.750. The van der Waals surface area contributed by atoms with Crippen molar-refractivity contribution in [3.05, 3.63) is 6.33 Å². The maximum Gasteiger partial charge on any atom is 0.432 e. The number of rotatable bonds is 0. The van der Waals surface area contributed by atoms with Crippen molar-refractivity contribution in [1.29, 1.82) is 0 Å². The maximum absolute atomic E-state index is 7.12. The Morgan fingerprint density at radius 2 is 2.12 bits per heavy atom. The summed E-state index contributed by atoms with van der Waals surface area (Å²) < 4.78 is 0. The van der Waals surface area contributed by atoms with Crippen LogP contribution in [-0.4, -0.2) is 38.4 Å². The minimum atomic E-state index is -0.750. The summed E-state index contributed by atoms with van der Waals surface area (Å²) in [7, 11) is -0.750. The topological polar surface area (TPSA) is 94.9 Å². The second-order valence-corrected chi connectivity index (χ2v) is 0.705. The van der Waals surface area contributed by atoms with Gasteiger partial charge >= 0.3 is 7.69 Å². The first-order valence-electron chi connectivity index (χ1n) is 1.80. The molecule has 0 aliphatic rings. The first-order chi connectivity index (χ1) is 3.91. The van der Waals surface area contributed by atoms with Gasteiger partial charge in [0.25, 0.3) is 0 Å². The molecule has 0 fully saturated rings. The SMILES string of the molecule is OBO.c1nnn[nH]1. The summed E-state index contributed by atoms with van der Waals surface area (Å²) in [4.78, 5) is 0. The summed E-state index contributed by atoms with van der Waals surface area (Å²) in [5.74, 6) is 0. The molecule has 0 aliphatic heterocycles. The van der Waals surface area contributed by atoms with Gasteiger partial charge in [-0.25, -0.2) is 5.10 Å². The highest BCUT2D eigenvalue weighted by atomic mass is 16.4. The van der Waals surface area contributed by atoms with Crippen LogP contribution in [0.5, 0.6) is 0 Å². The van der Waals surface area contributed by atoms with Gasteiger partial charge in [0.15, 0.2) is 0 Å². The van der Waals surface area contributed by atoms with Crippen molar-refractivity contribution in [2.45, 2.75) is 0 Å². The lowest BCUT2D eigenvalue weighted by atomic mass is 10.5. The highest BCUT2D eigenvalue weighted by Gasteiger charge is 1.58. The summed E-state index contributed by atoms with van der Waals surface area (Å²) in [6.45, 7) is 0. The zero-order chi connectivity index (χ0) is 6.24. The van der Waals surface area contributed by atoms with E-state index in [9.17, 15) is 0 Å². The quantitative estimate of drug-likeness (QED) is 0.324. The summed E-state index contributed by atoms with van der Waals surface area (Å²) in [5.41, 5.74) is 0. The van der Waals surface area contributed by atoms with Crippen molar-refractivity contribution in [2.24, 2.45) is 0 Å². The molecule has 0 aliphatic carbocycles. The Morgan fingerprint density at radius 1 is 1.50 bits per heavy atom. The first kappa shape index (κ1) is 7.05. The molecule has 1 aromatic heterocycles. The van der Waals surface area contributed by atoms with Crippen LogP contribution in [0.3, 0.4) is 0 Å². The van der Waals surface area contributed by atoms with Crippen molar-refractivity contribution in [3.63, 3.8) is 0 Å². The van der Waals surface area contributed by atoms with Crippen LogP contribution < -0.4 is 0 Å². The standard InChI is InChI=1S/CH2N4.BH3O2/c1-2-4-5-3-1;2-1-3/h1H,(H,2,3,4,5);1-3H. The number of aromatic amines is 1. The van der Waals surface area contributed by atoms with Crippen LogP contribution >= 0.6 is 0 Å². The Morgan fingerprint density at radius 3 is 2.25 bits per heavy atom. The number of aromatic nitrogens is 4. The average molecular weight is 116 g/mol. The molecular formula is CH5BN4O2. The van der Waals surface area contributed by atoms with Gasteiger partial charge in [-0.2, -0.15) is 0 Å². The van der Waals surface area contributed by atoms with E-state index in [4.69, 9.17) is 10.0 Å². The molecule has 1 rings (SSSR count). The van der Waals surface area contributed by atoms with Crippen molar-refractivity contribution < 1.29 is 10.0 Å². The Hall–Kier alpha value is -0.945. The van der Waals surface area contributed by atoms with E-state index in [1.54, 1.807) is 0 Å². The lowest BCUT2D eigenvalue weighted by Gasteiger charge is -1.48. The van der Waals surface area contributed by atoms with Gasteiger partial charge in [0.1, 0.15) is 6.33 Å². The van der Waals surface area contributed by atoms with Gasteiger partial charge in [-0.3, -0.25) is 0 Å². The molecule has 7 heteroatoms. The number of nitrogens with zero attached hydrogens (tertiary/aromatic N) is 3. The van der Waals surface area contributed by atoms with Crippen molar-refractivity contribution >= 4 is 7.69 Å². The highest BCUT2D eigenvalue weighted by Crippen LogP contribution is 1.43. The Balaban J connectivity index is 0.000000145. The minimum Gasteiger partial charge on any atom is -0.430 e. The third-order valence-electron chi connectivity index (χ3n) is 0.270. The fourth-order valence-corrected chi connectivity index (χ4v) is 0.129. The Labute approximate surface area is 45.9 Å². The first-order valence-corrected chi connectivity index (χ1v) is 1.80. The van der Waals surface area contributed by atoms with Crippen LogP contribution in [0.4, 0.5) is 0 Å². The fraction of sp³-hybridized carbons (Fsp3) is 0. The Bertz CT molecular complexity index is 80.9. The van der Waals surface area contributed by atoms with Crippen LogP contribution in [0, 0.1) is 0 Å². The van der Waals surface area contributed by atoms with Gasteiger partial charge in [-0.1, -0.05) is 0 Å². The number of hydrogen-bond acceptors (Lipinski definition) is 5. The summed E-state index contributed by atoms with van der Waals surface area (Å²) in [6, 6.07) is 0. The van der Waals surface area contributed by atoms with Gasteiger partial charge in [-0.05, 0) is 10.4 Å². The van der Waals surface area contributed by atoms with Crippen LogP contribution in [-0.2, 0) is 0 Å². The van der Waals surface area contributed by atoms with Crippen molar-refractivity contribution in [3.8, 4) is 0 Å². The second kappa shape index (κ2) is 6.05. The van der Waals surface area contributed by atoms with Crippen LogP contribution in [0.25, 0.3) is 0 Å². The molecule has 1 aromatic rings. The van der Waals surface area contributed by atoms with E-state index in [2.05, 4.69) is 20.6 Å². The highest BCUT2D eigenvalue weighted by molar-refractivity contribution is 6.13. The molecule has 6 nitrogen and oxygen atoms in total. The van der Waals surface area contributed by atoms with E-state index in [0.29, 0.717) is 0 Å². The molecule has 0 amide bonds. The lowest BCUT2D eigenvalue weighted by molar-refractivity contribution is 0.448. The molecular weight excluding hydrogens is 111 g/mol. The molecule has 0 atom stereocenters. The third kappa shape index (κ3) is 5.05. The zero-order valence-corrected chi connectivity index (χ0v) is 4.02. The molecule has 8 heavy (non-hydrogen) atoms. The van der Waals surface area contributed by atoms with Crippen LogP contribution in [0.2, 0.25) is 0 Å². The van der Waals surface area contributed by atoms with Crippen molar-refractivity contribution in [2.75, 3.05) is 0 Å². The molecule has 1 heterocycles. The summed E-state index contributed by atoms with van der Waals surface area (Å²) in [5, 5.41) is 26.3. The molecule has 0 saturated heterocycles. The second-order valence-electron chi connectivity index (χ2n) is 0.705. The molecule has 0 spiro atoms. The van der Waals surface area contributed by atoms with E-state index < -0.39 is 7.69 Å².